The number of pyridine rings is 1. The first-order chi connectivity index (χ1) is 9.33. The van der Waals surface area contributed by atoms with Crippen LogP contribution in [0.2, 0.25) is 0 Å². The average molecular weight is 260 g/mol. The van der Waals surface area contributed by atoms with E-state index in [9.17, 15) is 0 Å². The van der Waals surface area contributed by atoms with Crippen LogP contribution < -0.4 is 4.74 Å². The van der Waals surface area contributed by atoms with E-state index in [1.807, 2.05) is 22.6 Å². The molecule has 0 radical (unpaired) electrons. The molecule has 5 nitrogen and oxygen atoms in total. The maximum atomic E-state index is 5.44. The van der Waals surface area contributed by atoms with Gasteiger partial charge in [0.1, 0.15) is 5.82 Å². The van der Waals surface area contributed by atoms with Crippen LogP contribution in [0.3, 0.4) is 0 Å². The maximum Gasteiger partial charge on any atom is 0.200 e. The minimum Gasteiger partial charge on any atom is -0.482 e. The lowest BCUT2D eigenvalue weighted by Gasteiger charge is -2.30. The zero-order chi connectivity index (χ0) is 13.2. The van der Waals surface area contributed by atoms with Gasteiger partial charge in [0.2, 0.25) is 5.88 Å². The Labute approximate surface area is 113 Å². The number of likely N-dealkylation sites (tertiary alicyclic amines) is 1. The smallest absolute Gasteiger partial charge is 0.200 e. The lowest BCUT2D eigenvalue weighted by molar-refractivity contribution is 0.212. The van der Waals surface area contributed by atoms with E-state index in [1.54, 1.807) is 7.11 Å². The molecule has 102 valence electrons. The molecule has 0 saturated carbocycles. The molecule has 1 aliphatic rings. The largest absolute Gasteiger partial charge is 0.482 e. The van der Waals surface area contributed by atoms with Crippen LogP contribution in [-0.4, -0.2) is 46.2 Å². The van der Waals surface area contributed by atoms with Gasteiger partial charge in [0, 0.05) is 12.5 Å². The zero-order valence-corrected chi connectivity index (χ0v) is 11.5. The van der Waals surface area contributed by atoms with E-state index in [0.29, 0.717) is 5.92 Å². The summed E-state index contributed by atoms with van der Waals surface area (Å²) in [6, 6.07) is 5.88. The molecule has 1 aliphatic heterocycles. The number of rotatable bonds is 3. The first kappa shape index (κ1) is 12.4. The molecular weight excluding hydrogens is 240 g/mol. The van der Waals surface area contributed by atoms with Crippen molar-refractivity contribution in [1.82, 2.24) is 19.5 Å². The second-order valence-corrected chi connectivity index (χ2v) is 5.05. The summed E-state index contributed by atoms with van der Waals surface area (Å²) in [5, 5.41) is 8.67. The normalized spacial score (nSPS) is 20.8. The molecule has 19 heavy (non-hydrogen) atoms. The van der Waals surface area contributed by atoms with Gasteiger partial charge in [0.25, 0.3) is 0 Å². The number of ether oxygens (including phenoxy) is 1. The Hall–Kier alpha value is -1.62. The summed E-state index contributed by atoms with van der Waals surface area (Å²) in [4.78, 5) is 2.48. The summed E-state index contributed by atoms with van der Waals surface area (Å²) in [7, 11) is 1.69. The van der Waals surface area contributed by atoms with Crippen LogP contribution in [-0.2, 0) is 0 Å². The van der Waals surface area contributed by atoms with Gasteiger partial charge in [-0.05, 0) is 38.1 Å². The first-order valence-electron chi connectivity index (χ1n) is 6.94. The van der Waals surface area contributed by atoms with Gasteiger partial charge in [-0.15, -0.1) is 10.2 Å². The van der Waals surface area contributed by atoms with Gasteiger partial charge in [0.15, 0.2) is 5.65 Å². The molecule has 1 unspecified atom stereocenters. The maximum absolute atomic E-state index is 5.44. The molecule has 3 rings (SSSR count). The second-order valence-electron chi connectivity index (χ2n) is 5.05. The van der Waals surface area contributed by atoms with Crippen LogP contribution in [0.15, 0.2) is 18.2 Å². The second kappa shape index (κ2) is 5.17. The van der Waals surface area contributed by atoms with E-state index < -0.39 is 0 Å². The van der Waals surface area contributed by atoms with E-state index in [1.165, 1.54) is 19.4 Å². The van der Waals surface area contributed by atoms with Crippen molar-refractivity contribution in [2.24, 2.45) is 0 Å². The van der Waals surface area contributed by atoms with E-state index >= 15 is 0 Å². The Kier molecular flexibility index (Phi) is 3.38. The molecule has 0 N–H and O–H groups in total. The summed E-state index contributed by atoms with van der Waals surface area (Å²) in [5.41, 5.74) is 0.864. The highest BCUT2D eigenvalue weighted by Crippen LogP contribution is 2.28. The molecule has 3 heterocycles. The van der Waals surface area contributed by atoms with E-state index in [2.05, 4.69) is 22.0 Å². The van der Waals surface area contributed by atoms with E-state index in [0.717, 1.165) is 30.4 Å². The molecule has 0 aromatic carbocycles. The predicted octanol–water partition coefficient (Wildman–Crippen LogP) is 1.94. The fourth-order valence-corrected chi connectivity index (χ4v) is 2.91. The standard InChI is InChI=1S/C14H20N4O/c1-3-17-9-5-6-11(10-17)14-16-15-12-7-4-8-13(19-2)18(12)14/h4,7-8,11H,3,5-6,9-10H2,1-2H3. The topological polar surface area (TPSA) is 42.7 Å². The molecule has 0 aliphatic carbocycles. The van der Waals surface area contributed by atoms with E-state index in [4.69, 9.17) is 4.74 Å². The zero-order valence-electron chi connectivity index (χ0n) is 11.5. The number of aromatic nitrogens is 3. The van der Waals surface area contributed by atoms with Crippen molar-refractivity contribution in [3.8, 4) is 5.88 Å². The number of fused-ring (bicyclic) bond motifs is 1. The molecule has 0 spiro atoms. The fourth-order valence-electron chi connectivity index (χ4n) is 2.91. The molecule has 2 aromatic heterocycles. The van der Waals surface area contributed by atoms with Crippen LogP contribution in [0.5, 0.6) is 5.88 Å². The molecule has 5 heteroatoms. The quantitative estimate of drug-likeness (QED) is 0.846. The number of likely N-dealkylation sites (N-methyl/N-ethyl adjacent to an activating group) is 1. The molecule has 0 bridgehead atoms. The van der Waals surface area contributed by atoms with Gasteiger partial charge in [-0.1, -0.05) is 13.0 Å². The summed E-state index contributed by atoms with van der Waals surface area (Å²) in [6.45, 7) is 5.57. The van der Waals surface area contributed by atoms with Crippen LogP contribution in [0.25, 0.3) is 5.65 Å². The van der Waals surface area contributed by atoms with Gasteiger partial charge in [0.05, 0.1) is 7.11 Å². The SMILES string of the molecule is CCN1CCCC(c2nnc3cccc(OC)n23)C1. The van der Waals surface area contributed by atoms with Crippen molar-refractivity contribution in [3.05, 3.63) is 24.0 Å². The van der Waals surface area contributed by atoms with Crippen molar-refractivity contribution in [2.45, 2.75) is 25.7 Å². The number of nitrogens with zero attached hydrogens (tertiary/aromatic N) is 4. The monoisotopic (exact) mass is 260 g/mol. The predicted molar refractivity (Wildman–Crippen MR) is 73.6 cm³/mol. The fraction of sp³-hybridized carbons (Fsp3) is 0.571. The van der Waals surface area contributed by atoms with Gasteiger partial charge < -0.3 is 9.64 Å². The summed E-state index contributed by atoms with van der Waals surface area (Å²) in [5.74, 6) is 2.29. The average Bonchev–Trinajstić information content (AvgIpc) is 2.91. The first-order valence-corrected chi connectivity index (χ1v) is 6.94. The Morgan fingerprint density at radius 1 is 1.37 bits per heavy atom. The summed E-state index contributed by atoms with van der Waals surface area (Å²) < 4.78 is 7.49. The minimum absolute atomic E-state index is 0.444. The van der Waals surface area contributed by atoms with Crippen LogP contribution in [0, 0.1) is 0 Å². The third-order valence-electron chi connectivity index (χ3n) is 3.94. The Bertz CT molecular complexity index is 566. The number of hydrogen-bond acceptors (Lipinski definition) is 4. The highest BCUT2D eigenvalue weighted by molar-refractivity contribution is 5.42. The molecule has 1 atom stereocenters. The number of piperidine rings is 1. The lowest BCUT2D eigenvalue weighted by atomic mass is 9.97. The van der Waals surface area contributed by atoms with Crippen LogP contribution in [0.1, 0.15) is 31.5 Å². The molecule has 1 saturated heterocycles. The Morgan fingerprint density at radius 2 is 2.26 bits per heavy atom. The third kappa shape index (κ3) is 2.18. The Morgan fingerprint density at radius 3 is 3.05 bits per heavy atom. The van der Waals surface area contributed by atoms with Crippen molar-refractivity contribution in [3.63, 3.8) is 0 Å². The van der Waals surface area contributed by atoms with E-state index in [-0.39, 0.29) is 0 Å². The van der Waals surface area contributed by atoms with Crippen molar-refractivity contribution < 1.29 is 4.74 Å². The van der Waals surface area contributed by atoms with Crippen LogP contribution in [0.4, 0.5) is 0 Å². The molecule has 0 amide bonds. The summed E-state index contributed by atoms with van der Waals surface area (Å²) in [6.07, 6.45) is 2.40. The highest BCUT2D eigenvalue weighted by atomic mass is 16.5. The third-order valence-corrected chi connectivity index (χ3v) is 3.94. The highest BCUT2D eigenvalue weighted by Gasteiger charge is 2.25. The lowest BCUT2D eigenvalue weighted by Crippen LogP contribution is -2.34. The number of hydrogen-bond donors (Lipinski definition) is 0. The van der Waals surface area contributed by atoms with Crippen molar-refractivity contribution >= 4 is 5.65 Å². The Balaban J connectivity index is 2.00. The molecular formula is C14H20N4O. The van der Waals surface area contributed by atoms with Gasteiger partial charge in [-0.25, -0.2) is 4.40 Å². The molecule has 2 aromatic rings. The van der Waals surface area contributed by atoms with Gasteiger partial charge >= 0.3 is 0 Å². The molecule has 1 fully saturated rings. The van der Waals surface area contributed by atoms with Gasteiger partial charge in [-0.3, -0.25) is 0 Å². The number of methoxy groups -OCH3 is 1. The van der Waals surface area contributed by atoms with Crippen LogP contribution >= 0.6 is 0 Å². The minimum atomic E-state index is 0.444. The summed E-state index contributed by atoms with van der Waals surface area (Å²) >= 11 is 0. The van der Waals surface area contributed by atoms with Crippen molar-refractivity contribution in [2.75, 3.05) is 26.7 Å². The van der Waals surface area contributed by atoms with Gasteiger partial charge in [-0.2, -0.15) is 0 Å². The van der Waals surface area contributed by atoms with Crippen molar-refractivity contribution in [1.29, 1.82) is 0 Å².